The largest absolute Gasteiger partial charge is 0.455 e. The fourth-order valence-electron chi connectivity index (χ4n) is 8.15. The number of rotatable bonds is 4. The lowest BCUT2D eigenvalue weighted by atomic mass is 9.95. The molecule has 0 N–H and O–H groups in total. The van der Waals surface area contributed by atoms with Gasteiger partial charge >= 0.3 is 0 Å². The van der Waals surface area contributed by atoms with E-state index < -0.39 is 0 Å². The van der Waals surface area contributed by atoms with Crippen LogP contribution in [0, 0.1) is 0 Å². The van der Waals surface area contributed by atoms with Crippen molar-refractivity contribution in [1.82, 2.24) is 0 Å². The first kappa shape index (κ1) is 28.4. The lowest BCUT2D eigenvalue weighted by molar-refractivity contribution is 0.670. The van der Waals surface area contributed by atoms with E-state index in [0.29, 0.717) is 0 Å². The van der Waals surface area contributed by atoms with Crippen molar-refractivity contribution in [1.29, 1.82) is 0 Å². The van der Waals surface area contributed by atoms with Crippen LogP contribution in [-0.2, 0) is 0 Å². The predicted octanol–water partition coefficient (Wildman–Crippen LogP) is 14.6. The van der Waals surface area contributed by atoms with Gasteiger partial charge in [-0.05, 0) is 86.4 Å². The van der Waals surface area contributed by atoms with E-state index in [1.165, 1.54) is 58.1 Å². The Hall–Kier alpha value is -6.42. The number of fused-ring (bicyclic) bond motifs is 10. The normalized spacial score (nSPS) is 11.9. The second-order valence-corrected chi connectivity index (χ2v) is 14.3. The maximum Gasteiger partial charge on any atom is 0.145 e. The molecular formula is C48H29NOS. The minimum absolute atomic E-state index is 0.880. The molecule has 0 saturated heterocycles. The molecule has 0 saturated carbocycles. The predicted molar refractivity (Wildman–Crippen MR) is 219 cm³/mol. The molecule has 0 aliphatic carbocycles. The molecule has 0 unspecified atom stereocenters. The molecule has 51 heavy (non-hydrogen) atoms. The van der Waals surface area contributed by atoms with E-state index in [9.17, 15) is 0 Å². The van der Waals surface area contributed by atoms with Crippen LogP contribution in [0.4, 0.5) is 17.1 Å². The minimum Gasteiger partial charge on any atom is -0.455 e. The van der Waals surface area contributed by atoms with Gasteiger partial charge in [0.15, 0.2) is 0 Å². The fraction of sp³-hybridized carbons (Fsp3) is 0. The van der Waals surface area contributed by atoms with Crippen molar-refractivity contribution in [2.24, 2.45) is 0 Å². The molecule has 0 aliphatic heterocycles. The summed E-state index contributed by atoms with van der Waals surface area (Å²) in [7, 11) is 0. The van der Waals surface area contributed by atoms with Gasteiger partial charge in [-0.15, -0.1) is 11.3 Å². The summed E-state index contributed by atoms with van der Waals surface area (Å²) in [6.07, 6.45) is 0. The fourth-order valence-corrected chi connectivity index (χ4v) is 9.28. The van der Waals surface area contributed by atoms with E-state index in [1.807, 2.05) is 11.3 Å². The highest BCUT2D eigenvalue weighted by atomic mass is 32.1. The Kier molecular flexibility index (Phi) is 6.16. The number of hydrogen-bond acceptors (Lipinski definition) is 3. The standard InChI is InChI=1S/C48H29NOS/c1-3-14-34-30(11-1)13-9-18-36(34)37-27-28-42(47-38-16-5-7-20-43(38)50-48(37)47)49(41-19-10-22-45-46(41)39-17-6-8-21-44(39)51-45)33-26-25-32-24-23-31-12-2-4-15-35(31)40(32)29-33/h1-29H. The topological polar surface area (TPSA) is 16.4 Å². The molecule has 3 heteroatoms. The summed E-state index contributed by atoms with van der Waals surface area (Å²) < 4.78 is 9.45. The van der Waals surface area contributed by atoms with Crippen molar-refractivity contribution in [3.8, 4) is 11.1 Å². The first-order valence-electron chi connectivity index (χ1n) is 17.3. The van der Waals surface area contributed by atoms with Crippen molar-refractivity contribution in [3.05, 3.63) is 176 Å². The number of benzene rings is 9. The van der Waals surface area contributed by atoms with Crippen LogP contribution >= 0.6 is 11.3 Å². The van der Waals surface area contributed by atoms with Crippen LogP contribution in [0.1, 0.15) is 0 Å². The second kappa shape index (κ2) is 11.0. The van der Waals surface area contributed by atoms with Gasteiger partial charge in [0.25, 0.3) is 0 Å². The first-order chi connectivity index (χ1) is 25.3. The molecule has 11 rings (SSSR count). The van der Waals surface area contributed by atoms with Crippen LogP contribution in [-0.4, -0.2) is 0 Å². The molecular weight excluding hydrogens is 639 g/mol. The van der Waals surface area contributed by atoms with Crippen molar-refractivity contribution < 1.29 is 4.42 Å². The number of para-hydroxylation sites is 1. The third-order valence-corrected chi connectivity index (χ3v) is 11.6. The molecule has 238 valence electrons. The van der Waals surface area contributed by atoms with Crippen LogP contribution in [0.3, 0.4) is 0 Å². The minimum atomic E-state index is 0.880. The molecule has 0 amide bonds. The van der Waals surface area contributed by atoms with Crippen LogP contribution < -0.4 is 4.90 Å². The summed E-state index contributed by atoms with van der Waals surface area (Å²) in [6, 6.07) is 63.8. The molecule has 0 spiro atoms. The lowest BCUT2D eigenvalue weighted by Crippen LogP contribution is -2.11. The summed E-state index contributed by atoms with van der Waals surface area (Å²) in [5.41, 5.74) is 7.36. The number of anilines is 3. The van der Waals surface area contributed by atoms with Gasteiger partial charge in [0.05, 0.1) is 16.8 Å². The third-order valence-electron chi connectivity index (χ3n) is 10.4. The Morgan fingerprint density at radius 2 is 1.02 bits per heavy atom. The van der Waals surface area contributed by atoms with Gasteiger partial charge in [0, 0.05) is 36.8 Å². The highest BCUT2D eigenvalue weighted by molar-refractivity contribution is 7.26. The second-order valence-electron chi connectivity index (χ2n) is 13.2. The number of hydrogen-bond donors (Lipinski definition) is 0. The van der Waals surface area contributed by atoms with E-state index in [4.69, 9.17) is 4.42 Å². The zero-order valence-corrected chi connectivity index (χ0v) is 28.3. The van der Waals surface area contributed by atoms with Crippen LogP contribution in [0.2, 0.25) is 0 Å². The number of thiophene rings is 1. The zero-order valence-electron chi connectivity index (χ0n) is 27.5. The molecule has 0 atom stereocenters. The smallest absolute Gasteiger partial charge is 0.145 e. The Balaban J connectivity index is 1.28. The zero-order chi connectivity index (χ0) is 33.5. The van der Waals surface area contributed by atoms with Crippen molar-refractivity contribution in [3.63, 3.8) is 0 Å². The monoisotopic (exact) mass is 667 g/mol. The van der Waals surface area contributed by atoms with Gasteiger partial charge in [-0.2, -0.15) is 0 Å². The molecule has 11 aromatic rings. The van der Waals surface area contributed by atoms with E-state index in [1.54, 1.807) is 0 Å². The van der Waals surface area contributed by atoms with E-state index in [-0.39, 0.29) is 0 Å². The quantitative estimate of drug-likeness (QED) is 0.174. The van der Waals surface area contributed by atoms with Gasteiger partial charge in [-0.3, -0.25) is 0 Å². The SMILES string of the molecule is c1ccc2c(-c3ccc(N(c4ccc5ccc6ccccc6c5c4)c4cccc5sc6ccccc6c45)c4c3oc3ccccc34)cccc2c1. The highest BCUT2D eigenvalue weighted by Crippen LogP contribution is 2.50. The molecule has 2 aromatic heterocycles. The maximum absolute atomic E-state index is 6.90. The third kappa shape index (κ3) is 4.29. The lowest BCUT2D eigenvalue weighted by Gasteiger charge is -2.28. The molecule has 0 aliphatic rings. The van der Waals surface area contributed by atoms with Crippen molar-refractivity contribution in [2.75, 3.05) is 4.90 Å². The summed E-state index contributed by atoms with van der Waals surface area (Å²) in [4.78, 5) is 2.47. The van der Waals surface area contributed by atoms with Gasteiger partial charge in [0.1, 0.15) is 11.2 Å². The molecule has 2 heterocycles. The Labute approximate surface area is 298 Å². The molecule has 0 bridgehead atoms. The van der Waals surface area contributed by atoms with Crippen LogP contribution in [0.25, 0.3) is 85.6 Å². The average Bonchev–Trinajstić information content (AvgIpc) is 3.78. The summed E-state index contributed by atoms with van der Waals surface area (Å²) in [5.74, 6) is 0. The highest BCUT2D eigenvalue weighted by Gasteiger charge is 2.25. The Morgan fingerprint density at radius 3 is 1.90 bits per heavy atom. The summed E-state index contributed by atoms with van der Waals surface area (Å²) in [6.45, 7) is 0. The molecule has 0 radical (unpaired) electrons. The molecule has 9 aromatic carbocycles. The molecule has 0 fully saturated rings. The summed E-state index contributed by atoms with van der Waals surface area (Å²) in [5, 5.41) is 12.1. The van der Waals surface area contributed by atoms with Crippen molar-refractivity contribution in [2.45, 2.75) is 0 Å². The van der Waals surface area contributed by atoms with E-state index >= 15 is 0 Å². The Morgan fingerprint density at radius 1 is 0.392 bits per heavy atom. The van der Waals surface area contributed by atoms with E-state index in [2.05, 4.69) is 181 Å². The van der Waals surface area contributed by atoms with Crippen molar-refractivity contribution >= 4 is 103 Å². The number of nitrogens with zero attached hydrogens (tertiary/aromatic N) is 1. The van der Waals surface area contributed by atoms with Gasteiger partial charge in [-0.1, -0.05) is 127 Å². The first-order valence-corrected chi connectivity index (χ1v) is 18.2. The number of furan rings is 1. The van der Waals surface area contributed by atoms with Gasteiger partial charge < -0.3 is 9.32 Å². The van der Waals surface area contributed by atoms with E-state index in [0.717, 1.165) is 44.6 Å². The van der Waals surface area contributed by atoms with Crippen LogP contribution in [0.15, 0.2) is 180 Å². The maximum atomic E-state index is 6.90. The average molecular weight is 668 g/mol. The summed E-state index contributed by atoms with van der Waals surface area (Å²) >= 11 is 1.85. The molecule has 2 nitrogen and oxygen atoms in total. The van der Waals surface area contributed by atoms with Gasteiger partial charge in [-0.25, -0.2) is 0 Å². The van der Waals surface area contributed by atoms with Gasteiger partial charge in [0.2, 0.25) is 0 Å². The van der Waals surface area contributed by atoms with Crippen LogP contribution in [0.5, 0.6) is 0 Å². The Bertz CT molecular complexity index is 3160.